The zero-order chi connectivity index (χ0) is 12.8. The van der Waals surface area contributed by atoms with Crippen molar-refractivity contribution in [2.45, 2.75) is 19.9 Å². The average molecular weight is 253 g/mol. The van der Waals surface area contributed by atoms with E-state index < -0.39 is 0 Å². The molecular formula is C13H19NO2S. The predicted octanol–water partition coefficient (Wildman–Crippen LogP) is 2.15. The molecule has 4 heteroatoms. The lowest BCUT2D eigenvalue weighted by Crippen LogP contribution is -2.27. The number of hydrogen-bond donors (Lipinski definition) is 1. The van der Waals surface area contributed by atoms with Crippen molar-refractivity contribution in [1.29, 1.82) is 0 Å². The highest BCUT2D eigenvalue weighted by atomic mass is 32.1. The van der Waals surface area contributed by atoms with Crippen LogP contribution in [0.5, 0.6) is 5.75 Å². The van der Waals surface area contributed by atoms with Gasteiger partial charge in [0.2, 0.25) is 5.91 Å². The van der Waals surface area contributed by atoms with E-state index in [2.05, 4.69) is 25.6 Å². The first-order valence-corrected chi connectivity index (χ1v) is 6.26. The Balaban J connectivity index is 2.91. The van der Waals surface area contributed by atoms with Crippen molar-refractivity contribution >= 4 is 18.5 Å². The summed E-state index contributed by atoms with van der Waals surface area (Å²) in [4.78, 5) is 13.1. The molecule has 0 fully saturated rings. The van der Waals surface area contributed by atoms with Gasteiger partial charge in [0, 0.05) is 19.2 Å². The van der Waals surface area contributed by atoms with Crippen molar-refractivity contribution in [2.75, 3.05) is 19.9 Å². The molecule has 1 amide bonds. The number of amides is 1. The van der Waals surface area contributed by atoms with Crippen LogP contribution in [0.25, 0.3) is 0 Å². The zero-order valence-corrected chi connectivity index (χ0v) is 11.5. The largest absolute Gasteiger partial charge is 0.496 e. The summed E-state index contributed by atoms with van der Waals surface area (Å²) >= 11 is 3.99. The number of ether oxygens (including phenoxy) is 1. The van der Waals surface area contributed by atoms with Crippen molar-refractivity contribution in [3.63, 3.8) is 0 Å². The van der Waals surface area contributed by atoms with Crippen LogP contribution in [0.3, 0.4) is 0 Å². The van der Waals surface area contributed by atoms with Gasteiger partial charge in [-0.05, 0) is 18.1 Å². The maximum absolute atomic E-state index is 11.5. The van der Waals surface area contributed by atoms with E-state index >= 15 is 0 Å². The van der Waals surface area contributed by atoms with Gasteiger partial charge in [-0.2, -0.15) is 12.6 Å². The van der Waals surface area contributed by atoms with E-state index in [0.29, 0.717) is 6.54 Å². The SMILES string of the molecule is CCc1ccc(OC)c(CN(C)C(=O)CS)c1. The van der Waals surface area contributed by atoms with Crippen LogP contribution in [0.2, 0.25) is 0 Å². The fourth-order valence-corrected chi connectivity index (χ4v) is 1.88. The Morgan fingerprint density at radius 1 is 1.47 bits per heavy atom. The number of aryl methyl sites for hydroxylation is 1. The van der Waals surface area contributed by atoms with Gasteiger partial charge >= 0.3 is 0 Å². The highest BCUT2D eigenvalue weighted by Crippen LogP contribution is 2.21. The van der Waals surface area contributed by atoms with Gasteiger partial charge in [-0.25, -0.2) is 0 Å². The molecule has 0 aromatic heterocycles. The molecule has 3 nitrogen and oxygen atoms in total. The lowest BCUT2D eigenvalue weighted by molar-refractivity contribution is -0.127. The second-order valence-electron chi connectivity index (χ2n) is 3.91. The molecule has 0 spiro atoms. The molecule has 1 rings (SSSR count). The third kappa shape index (κ3) is 3.66. The molecule has 0 unspecified atom stereocenters. The highest BCUT2D eigenvalue weighted by molar-refractivity contribution is 7.81. The topological polar surface area (TPSA) is 29.5 Å². The van der Waals surface area contributed by atoms with Crippen molar-refractivity contribution in [1.82, 2.24) is 4.90 Å². The number of methoxy groups -OCH3 is 1. The first kappa shape index (κ1) is 13.9. The van der Waals surface area contributed by atoms with E-state index in [1.807, 2.05) is 12.1 Å². The Morgan fingerprint density at radius 2 is 2.18 bits per heavy atom. The summed E-state index contributed by atoms with van der Waals surface area (Å²) in [5, 5.41) is 0. The minimum Gasteiger partial charge on any atom is -0.496 e. The Morgan fingerprint density at radius 3 is 2.71 bits per heavy atom. The Bertz CT molecular complexity index is 393. The summed E-state index contributed by atoms with van der Waals surface area (Å²) in [6.07, 6.45) is 0.973. The summed E-state index contributed by atoms with van der Waals surface area (Å²) in [6, 6.07) is 6.08. The first-order valence-electron chi connectivity index (χ1n) is 5.63. The Kier molecular flexibility index (Phi) is 5.35. The van der Waals surface area contributed by atoms with Crippen LogP contribution in [0.4, 0.5) is 0 Å². The smallest absolute Gasteiger partial charge is 0.232 e. The van der Waals surface area contributed by atoms with Gasteiger partial charge < -0.3 is 9.64 Å². The molecule has 1 aromatic rings. The van der Waals surface area contributed by atoms with Gasteiger partial charge in [-0.15, -0.1) is 0 Å². The van der Waals surface area contributed by atoms with E-state index in [1.54, 1.807) is 19.1 Å². The van der Waals surface area contributed by atoms with E-state index in [1.165, 1.54) is 5.56 Å². The van der Waals surface area contributed by atoms with Crippen LogP contribution in [0.1, 0.15) is 18.1 Å². The highest BCUT2D eigenvalue weighted by Gasteiger charge is 2.11. The molecule has 0 N–H and O–H groups in total. The molecule has 0 aliphatic carbocycles. The first-order chi connectivity index (χ1) is 8.12. The number of nitrogens with zero attached hydrogens (tertiary/aromatic N) is 1. The van der Waals surface area contributed by atoms with Gasteiger partial charge in [-0.3, -0.25) is 4.79 Å². The maximum atomic E-state index is 11.5. The Hall–Kier alpha value is -1.16. The minimum atomic E-state index is 0.0114. The number of carbonyl (C=O) groups excluding carboxylic acids is 1. The predicted molar refractivity (Wildman–Crippen MR) is 72.7 cm³/mol. The quantitative estimate of drug-likeness (QED) is 0.815. The van der Waals surface area contributed by atoms with Gasteiger partial charge in [0.05, 0.1) is 12.9 Å². The van der Waals surface area contributed by atoms with E-state index in [0.717, 1.165) is 17.7 Å². The molecule has 0 aliphatic rings. The normalized spacial score (nSPS) is 10.1. The van der Waals surface area contributed by atoms with Crippen LogP contribution in [-0.4, -0.2) is 30.7 Å². The van der Waals surface area contributed by atoms with Crippen molar-refractivity contribution in [2.24, 2.45) is 0 Å². The summed E-state index contributed by atoms with van der Waals surface area (Å²) in [5.41, 5.74) is 2.28. The number of rotatable bonds is 5. The molecule has 17 heavy (non-hydrogen) atoms. The lowest BCUT2D eigenvalue weighted by Gasteiger charge is -2.18. The third-order valence-corrected chi connectivity index (χ3v) is 2.99. The molecular weight excluding hydrogens is 234 g/mol. The second-order valence-corrected chi connectivity index (χ2v) is 4.22. The third-order valence-electron chi connectivity index (χ3n) is 2.72. The molecule has 0 atom stereocenters. The summed E-state index contributed by atoms with van der Waals surface area (Å²) in [6.45, 7) is 2.66. The summed E-state index contributed by atoms with van der Waals surface area (Å²) in [5.74, 6) is 1.06. The van der Waals surface area contributed by atoms with Crippen LogP contribution in [0.15, 0.2) is 18.2 Å². The van der Waals surface area contributed by atoms with E-state index in [4.69, 9.17) is 4.74 Å². The molecule has 94 valence electrons. The summed E-state index contributed by atoms with van der Waals surface area (Å²) in [7, 11) is 3.42. The van der Waals surface area contributed by atoms with Crippen molar-refractivity contribution in [3.05, 3.63) is 29.3 Å². The molecule has 0 bridgehead atoms. The second kappa shape index (κ2) is 6.55. The zero-order valence-electron chi connectivity index (χ0n) is 10.6. The Labute approximate surface area is 108 Å². The number of thiol groups is 1. The summed E-state index contributed by atoms with van der Waals surface area (Å²) < 4.78 is 5.30. The van der Waals surface area contributed by atoms with Crippen molar-refractivity contribution < 1.29 is 9.53 Å². The molecule has 0 saturated heterocycles. The van der Waals surface area contributed by atoms with E-state index in [-0.39, 0.29) is 11.7 Å². The van der Waals surface area contributed by atoms with Crippen molar-refractivity contribution in [3.8, 4) is 5.75 Å². The van der Waals surface area contributed by atoms with E-state index in [9.17, 15) is 4.79 Å². The van der Waals surface area contributed by atoms with Gasteiger partial charge in [0.1, 0.15) is 5.75 Å². The monoisotopic (exact) mass is 253 g/mol. The van der Waals surface area contributed by atoms with Crippen LogP contribution in [0, 0.1) is 0 Å². The minimum absolute atomic E-state index is 0.0114. The van der Waals surface area contributed by atoms with Crippen LogP contribution in [-0.2, 0) is 17.8 Å². The number of carbonyl (C=O) groups is 1. The average Bonchev–Trinajstić information content (AvgIpc) is 2.37. The lowest BCUT2D eigenvalue weighted by atomic mass is 10.1. The standard InChI is InChI=1S/C13H19NO2S/c1-4-10-5-6-12(16-3)11(7-10)8-14(2)13(15)9-17/h5-7,17H,4,8-9H2,1-3H3. The fraction of sp³-hybridized carbons (Fsp3) is 0.462. The van der Waals surface area contributed by atoms with Crippen LogP contribution < -0.4 is 4.74 Å². The molecule has 0 saturated carbocycles. The number of hydrogen-bond acceptors (Lipinski definition) is 3. The molecule has 0 radical (unpaired) electrons. The molecule has 0 heterocycles. The maximum Gasteiger partial charge on any atom is 0.232 e. The van der Waals surface area contributed by atoms with Gasteiger partial charge in [0.25, 0.3) is 0 Å². The van der Waals surface area contributed by atoms with Crippen LogP contribution >= 0.6 is 12.6 Å². The molecule has 0 aliphatic heterocycles. The fourth-order valence-electron chi connectivity index (χ4n) is 1.64. The van der Waals surface area contributed by atoms with Gasteiger partial charge in [-0.1, -0.05) is 19.1 Å². The molecule has 1 aromatic carbocycles. The van der Waals surface area contributed by atoms with Gasteiger partial charge in [0.15, 0.2) is 0 Å². The number of benzene rings is 1.